The van der Waals surface area contributed by atoms with Crippen molar-refractivity contribution in [1.82, 2.24) is 19.7 Å². The molecule has 0 atom stereocenters. The summed E-state index contributed by atoms with van der Waals surface area (Å²) in [5, 5.41) is 7.23. The standard InChI is InChI=1S/C12H18N6O2S/c1-8(2)6-16-12-10(21(3,19)20)11(13)18(17-12)9-7-14-4-5-15-9/h4-5,7-8H,6,13H2,1-3H3,(H,16,17). The summed E-state index contributed by atoms with van der Waals surface area (Å²) >= 11 is 0. The van der Waals surface area contributed by atoms with Gasteiger partial charge in [0.25, 0.3) is 0 Å². The number of rotatable bonds is 5. The van der Waals surface area contributed by atoms with E-state index in [0.717, 1.165) is 6.26 Å². The molecule has 0 aliphatic rings. The summed E-state index contributed by atoms with van der Waals surface area (Å²) in [4.78, 5) is 7.99. The van der Waals surface area contributed by atoms with Crippen molar-refractivity contribution in [2.75, 3.05) is 23.9 Å². The van der Waals surface area contributed by atoms with Crippen LogP contribution in [0.3, 0.4) is 0 Å². The van der Waals surface area contributed by atoms with E-state index < -0.39 is 9.84 Å². The van der Waals surface area contributed by atoms with E-state index in [1.807, 2.05) is 13.8 Å². The molecule has 2 rings (SSSR count). The molecule has 0 saturated carbocycles. The van der Waals surface area contributed by atoms with Crippen LogP contribution < -0.4 is 11.1 Å². The van der Waals surface area contributed by atoms with Gasteiger partial charge in [-0.05, 0) is 5.92 Å². The fourth-order valence-corrected chi connectivity index (χ4v) is 2.70. The maximum absolute atomic E-state index is 12.0. The average molecular weight is 310 g/mol. The molecular formula is C12H18N6O2S. The summed E-state index contributed by atoms with van der Waals surface area (Å²) < 4.78 is 25.2. The first-order valence-electron chi connectivity index (χ1n) is 6.39. The maximum Gasteiger partial charge on any atom is 0.182 e. The first kappa shape index (κ1) is 15.2. The van der Waals surface area contributed by atoms with E-state index in [2.05, 4.69) is 20.4 Å². The average Bonchev–Trinajstić information content (AvgIpc) is 2.74. The molecule has 2 aromatic heterocycles. The molecule has 0 unspecified atom stereocenters. The number of aromatic nitrogens is 4. The molecule has 0 amide bonds. The van der Waals surface area contributed by atoms with Crippen molar-refractivity contribution in [2.24, 2.45) is 5.92 Å². The number of nitrogen functional groups attached to an aromatic ring is 1. The molecule has 114 valence electrons. The molecule has 0 fully saturated rings. The molecule has 21 heavy (non-hydrogen) atoms. The highest BCUT2D eigenvalue weighted by molar-refractivity contribution is 7.91. The predicted molar refractivity (Wildman–Crippen MR) is 80.0 cm³/mol. The normalized spacial score (nSPS) is 11.8. The Balaban J connectivity index is 2.55. The summed E-state index contributed by atoms with van der Waals surface area (Å²) in [6.07, 6.45) is 5.56. The minimum atomic E-state index is -3.52. The van der Waals surface area contributed by atoms with Crippen LogP contribution in [0.1, 0.15) is 13.8 Å². The molecule has 2 heterocycles. The molecule has 0 aromatic carbocycles. The molecule has 0 spiro atoms. The van der Waals surface area contributed by atoms with Crippen molar-refractivity contribution in [2.45, 2.75) is 18.7 Å². The lowest BCUT2D eigenvalue weighted by molar-refractivity contribution is 0.602. The molecule has 0 aliphatic carbocycles. The van der Waals surface area contributed by atoms with E-state index in [0.29, 0.717) is 18.3 Å². The van der Waals surface area contributed by atoms with Gasteiger partial charge in [-0.15, -0.1) is 5.10 Å². The van der Waals surface area contributed by atoms with Crippen LogP contribution in [0.15, 0.2) is 23.5 Å². The van der Waals surface area contributed by atoms with E-state index in [4.69, 9.17) is 5.73 Å². The summed E-state index contributed by atoms with van der Waals surface area (Å²) in [5.74, 6) is 0.941. The van der Waals surface area contributed by atoms with E-state index in [1.54, 1.807) is 0 Å². The zero-order valence-corrected chi connectivity index (χ0v) is 12.9. The third-order valence-electron chi connectivity index (χ3n) is 2.69. The Kier molecular flexibility index (Phi) is 4.12. The van der Waals surface area contributed by atoms with Gasteiger partial charge in [-0.3, -0.25) is 4.98 Å². The van der Waals surface area contributed by atoms with Crippen LogP contribution >= 0.6 is 0 Å². The van der Waals surface area contributed by atoms with Gasteiger partial charge in [0.2, 0.25) is 0 Å². The topological polar surface area (TPSA) is 116 Å². The molecule has 0 bridgehead atoms. The summed E-state index contributed by atoms with van der Waals surface area (Å²) in [5.41, 5.74) is 5.94. The number of anilines is 2. The van der Waals surface area contributed by atoms with E-state index in [1.165, 1.54) is 23.3 Å². The quantitative estimate of drug-likeness (QED) is 0.835. The SMILES string of the molecule is CC(C)CNc1nn(-c2cnccn2)c(N)c1S(C)(=O)=O. The second-order valence-electron chi connectivity index (χ2n) is 5.09. The van der Waals surface area contributed by atoms with Gasteiger partial charge < -0.3 is 11.1 Å². The smallest absolute Gasteiger partial charge is 0.182 e. The van der Waals surface area contributed by atoms with Crippen molar-refractivity contribution in [3.63, 3.8) is 0 Å². The Morgan fingerprint density at radius 1 is 1.38 bits per heavy atom. The molecule has 0 radical (unpaired) electrons. The van der Waals surface area contributed by atoms with Crippen LogP contribution in [0.5, 0.6) is 0 Å². The van der Waals surface area contributed by atoms with Crippen molar-refractivity contribution >= 4 is 21.5 Å². The van der Waals surface area contributed by atoms with Crippen LogP contribution in [-0.4, -0.2) is 41.0 Å². The van der Waals surface area contributed by atoms with E-state index >= 15 is 0 Å². The fraction of sp³-hybridized carbons (Fsp3) is 0.417. The number of nitrogens with two attached hydrogens (primary N) is 1. The Morgan fingerprint density at radius 2 is 2.10 bits per heavy atom. The van der Waals surface area contributed by atoms with Crippen molar-refractivity contribution in [3.05, 3.63) is 18.6 Å². The van der Waals surface area contributed by atoms with Crippen LogP contribution in [-0.2, 0) is 9.84 Å². The Morgan fingerprint density at radius 3 is 2.62 bits per heavy atom. The van der Waals surface area contributed by atoms with Crippen LogP contribution in [0, 0.1) is 5.92 Å². The van der Waals surface area contributed by atoms with Gasteiger partial charge in [-0.25, -0.2) is 13.4 Å². The van der Waals surface area contributed by atoms with Crippen molar-refractivity contribution in [3.8, 4) is 5.82 Å². The van der Waals surface area contributed by atoms with Gasteiger partial charge in [-0.1, -0.05) is 13.8 Å². The summed E-state index contributed by atoms with van der Waals surface area (Å²) in [6.45, 7) is 4.60. The van der Waals surface area contributed by atoms with Gasteiger partial charge in [0.05, 0.1) is 6.20 Å². The Hall–Kier alpha value is -2.16. The predicted octanol–water partition coefficient (Wildman–Crippen LogP) is 0.716. The summed E-state index contributed by atoms with van der Waals surface area (Å²) in [6, 6.07) is 0. The number of nitrogens with one attached hydrogen (secondary N) is 1. The fourth-order valence-electron chi connectivity index (χ4n) is 1.77. The molecule has 0 aliphatic heterocycles. The van der Waals surface area contributed by atoms with Crippen molar-refractivity contribution < 1.29 is 8.42 Å². The minimum absolute atomic E-state index is 0.0178. The van der Waals surface area contributed by atoms with Gasteiger partial charge in [-0.2, -0.15) is 4.68 Å². The maximum atomic E-state index is 12.0. The zero-order valence-electron chi connectivity index (χ0n) is 12.1. The van der Waals surface area contributed by atoms with Gasteiger partial charge in [0.1, 0.15) is 5.82 Å². The molecule has 8 nitrogen and oxygen atoms in total. The third-order valence-corrected chi connectivity index (χ3v) is 3.84. The lowest BCUT2D eigenvalue weighted by Gasteiger charge is -2.07. The van der Waals surface area contributed by atoms with Crippen LogP contribution in [0.4, 0.5) is 11.6 Å². The first-order chi connectivity index (χ1) is 9.80. The Bertz CT molecular complexity index is 724. The first-order valence-corrected chi connectivity index (χ1v) is 8.28. The zero-order chi connectivity index (χ0) is 15.6. The number of hydrogen-bond acceptors (Lipinski definition) is 7. The van der Waals surface area contributed by atoms with Gasteiger partial charge in [0.15, 0.2) is 26.4 Å². The largest absolute Gasteiger partial charge is 0.382 e. The van der Waals surface area contributed by atoms with Gasteiger partial charge >= 0.3 is 0 Å². The van der Waals surface area contributed by atoms with Gasteiger partial charge in [0, 0.05) is 25.2 Å². The monoisotopic (exact) mass is 310 g/mol. The van der Waals surface area contributed by atoms with Crippen LogP contribution in [0.2, 0.25) is 0 Å². The molecular weight excluding hydrogens is 292 g/mol. The number of hydrogen-bond donors (Lipinski definition) is 2. The second kappa shape index (κ2) is 5.68. The molecule has 0 saturated heterocycles. The molecule has 2 aromatic rings. The molecule has 9 heteroatoms. The third kappa shape index (κ3) is 3.30. The minimum Gasteiger partial charge on any atom is -0.382 e. The second-order valence-corrected chi connectivity index (χ2v) is 7.04. The lowest BCUT2D eigenvalue weighted by atomic mass is 10.2. The highest BCUT2D eigenvalue weighted by atomic mass is 32.2. The number of nitrogens with zero attached hydrogens (tertiary/aromatic N) is 4. The van der Waals surface area contributed by atoms with Crippen LogP contribution in [0.25, 0.3) is 5.82 Å². The van der Waals surface area contributed by atoms with Crippen molar-refractivity contribution in [1.29, 1.82) is 0 Å². The van der Waals surface area contributed by atoms with E-state index in [9.17, 15) is 8.42 Å². The Labute approximate surface area is 123 Å². The number of sulfone groups is 1. The van der Waals surface area contributed by atoms with E-state index in [-0.39, 0.29) is 16.5 Å². The lowest BCUT2D eigenvalue weighted by Crippen LogP contribution is -2.11. The highest BCUT2D eigenvalue weighted by Gasteiger charge is 2.25. The molecule has 3 N–H and O–H groups in total. The highest BCUT2D eigenvalue weighted by Crippen LogP contribution is 2.28. The summed E-state index contributed by atoms with van der Waals surface area (Å²) in [7, 11) is -3.52.